The van der Waals surface area contributed by atoms with Crippen LogP contribution in [0.2, 0.25) is 0 Å². The van der Waals surface area contributed by atoms with Gasteiger partial charge in [0.25, 0.3) is 5.91 Å². The number of allylic oxidation sites excluding steroid dienone is 10. The molecule has 1 fully saturated rings. The Hall–Kier alpha value is -8.34. The topological polar surface area (TPSA) is 373 Å². The minimum Gasteiger partial charge on any atom is -0.433 e. The Morgan fingerprint density at radius 2 is 0.915 bits per heavy atom. The quantitative estimate of drug-likeness (QED) is 0.0119. The summed E-state index contributed by atoms with van der Waals surface area (Å²) in [6.45, 7) is 26.5. The average molecular weight is 2130 g/mol. The molecule has 0 saturated carbocycles. The zero-order valence-electron chi connectivity index (χ0n) is 74.4. The van der Waals surface area contributed by atoms with Crippen LogP contribution in [0.4, 0.5) is 30.8 Å². The van der Waals surface area contributed by atoms with Crippen molar-refractivity contribution in [2.45, 2.75) is 184 Å². The maximum Gasteiger partial charge on any atom is 2.00 e. The van der Waals surface area contributed by atoms with E-state index in [0.717, 1.165) is 147 Å². The molecule has 42 heteroatoms. The molecule has 1 unspecified atom stereocenters. The summed E-state index contributed by atoms with van der Waals surface area (Å²) in [5, 5.41) is 63.3. The Kier molecular flexibility index (Phi) is 63.5. The molecule has 27 nitrogen and oxygen atoms in total. The maximum absolute atomic E-state index is 11.2. The number of rotatable bonds is 31. The first kappa shape index (κ1) is 116. The molecule has 1 saturated heterocycles. The minimum absolute atomic E-state index is 0. The number of nitrogens with one attached hydrogen (secondary N) is 3. The molecule has 12 aromatic rings. The number of nitrogens with zero attached hydrogens (tertiary/aromatic N) is 22. The van der Waals surface area contributed by atoms with E-state index in [1.165, 1.54) is 231 Å². The Balaban J connectivity index is 0.000000382. The van der Waals surface area contributed by atoms with E-state index in [-0.39, 0.29) is 73.6 Å². The zero-order chi connectivity index (χ0) is 91.1. The van der Waals surface area contributed by atoms with Gasteiger partial charge in [-0.15, -0.1) is 68.0 Å². The van der Waals surface area contributed by atoms with Crippen LogP contribution >= 0.6 is 136 Å². The van der Waals surface area contributed by atoms with Crippen molar-refractivity contribution < 1.29 is 60.7 Å². The number of nitriles is 3. The van der Waals surface area contributed by atoms with Crippen LogP contribution in [0, 0.1) is 45.3 Å². The molecule has 12 aromatic heterocycles. The van der Waals surface area contributed by atoms with Gasteiger partial charge in [0.2, 0.25) is 0 Å². The Bertz CT molecular complexity index is 4940. The Morgan fingerprint density at radius 1 is 0.523 bits per heavy atom. The molecular formula is C88H111Cu3N25O2S12. The first-order chi connectivity index (χ1) is 61.8. The second-order valence-corrected chi connectivity index (χ2v) is 39.1. The molecule has 705 valence electrons. The number of hydrogen-bond acceptors (Lipinski definition) is 32. The molecule has 14 rings (SSSR count). The standard InChI is InChI=1S/C22H38N2O.C18H32N2.C12H17N3O.6C6H4N3S2.3Cu/c1-6-8-10-19(7-2)17-25-12-9-11-24-21-13-20(18(3)16-23)14-22(4,5)15-21;1-4-6-8-10-14-20(15-11-9-7-5-2)16-12-13-18(3)17-19;1-12(2)7-6-10(15-12)5-4-9(8-13)11(16)14-3;6*1-3-10-5(7-1)9-6-8-2-4-11-6;;;/h13,19,24H,6-12,14-15,17H2,1-5H3;12-13,16H,4-11,14-15H2,1-3H3;4-5,15H,6-7H2,1-3H3,(H,14,16);6*1-4H;;;/q;;;6*-1;3*+2/b20-18+;16-12+,18-13-;9-4-,10-5-;;;;;;;;;. The summed E-state index contributed by atoms with van der Waals surface area (Å²) in [6, 6.07) is 6.32. The number of ether oxygens (including phenoxy) is 1. The first-order valence-corrected chi connectivity index (χ1v) is 51.9. The van der Waals surface area contributed by atoms with Gasteiger partial charge in [0.1, 0.15) is 42.4 Å². The normalized spacial score (nSPS) is 14.4. The summed E-state index contributed by atoms with van der Waals surface area (Å²) >= 11 is 18.1. The van der Waals surface area contributed by atoms with Crippen molar-refractivity contribution in [3.05, 3.63) is 238 Å². The fourth-order valence-corrected chi connectivity index (χ4v) is 17.3. The van der Waals surface area contributed by atoms with Gasteiger partial charge in [-0.25, -0.2) is 29.9 Å². The zero-order valence-corrected chi connectivity index (χ0v) is 87.0. The predicted molar refractivity (Wildman–Crippen MR) is 527 cm³/mol. The monoisotopic (exact) mass is 2120 g/mol. The van der Waals surface area contributed by atoms with Crippen molar-refractivity contribution in [2.24, 2.45) is 41.3 Å². The van der Waals surface area contributed by atoms with Crippen molar-refractivity contribution in [1.82, 2.24) is 80.7 Å². The third-order valence-corrected chi connectivity index (χ3v) is 25.2. The number of aromatic nitrogens is 12. The fourth-order valence-electron chi connectivity index (χ4n) is 10.9. The van der Waals surface area contributed by atoms with Crippen LogP contribution in [0.3, 0.4) is 0 Å². The van der Waals surface area contributed by atoms with Crippen LogP contribution in [0.25, 0.3) is 0 Å². The molecule has 13 heterocycles. The fraction of sp³-hybridized carbons (Fsp3) is 0.409. The van der Waals surface area contributed by atoms with Gasteiger partial charge in [-0.2, -0.15) is 83.8 Å². The van der Waals surface area contributed by atoms with Crippen LogP contribution in [0.5, 0.6) is 0 Å². The van der Waals surface area contributed by atoms with Crippen LogP contribution < -0.4 is 74.7 Å². The van der Waals surface area contributed by atoms with Crippen molar-refractivity contribution in [3.8, 4) is 18.2 Å². The van der Waals surface area contributed by atoms with Gasteiger partial charge in [0.05, 0.1) is 12.1 Å². The van der Waals surface area contributed by atoms with Crippen molar-refractivity contribution in [1.29, 1.82) is 15.8 Å². The smallest absolute Gasteiger partial charge is 0.433 e. The predicted octanol–water partition coefficient (Wildman–Crippen LogP) is 20.8. The van der Waals surface area contributed by atoms with Gasteiger partial charge < -0.3 is 85.4 Å². The second-order valence-electron chi connectivity index (χ2n) is 28.6. The molecule has 0 spiro atoms. The number of amides is 1. The van der Waals surface area contributed by atoms with Crippen molar-refractivity contribution in [3.63, 3.8) is 0 Å². The molecule has 3 N–H and O–H groups in total. The number of carbonyl (C=O) groups is 1. The van der Waals surface area contributed by atoms with Gasteiger partial charge in [0, 0.05) is 137 Å². The van der Waals surface area contributed by atoms with E-state index in [9.17, 15) is 4.79 Å². The molecule has 0 aromatic carbocycles. The largest absolute Gasteiger partial charge is 2.00 e. The van der Waals surface area contributed by atoms with E-state index in [0.29, 0.717) is 0 Å². The summed E-state index contributed by atoms with van der Waals surface area (Å²) in [5.74, 6) is 0.369. The van der Waals surface area contributed by atoms with E-state index < -0.39 is 0 Å². The summed E-state index contributed by atoms with van der Waals surface area (Å²) in [6.07, 6.45) is 53.0. The average Bonchev–Trinajstić information content (AvgIpc) is 1.10. The van der Waals surface area contributed by atoms with Crippen molar-refractivity contribution >= 4 is 173 Å². The number of thiazole rings is 12. The Labute approximate surface area is 842 Å². The van der Waals surface area contributed by atoms with Crippen LogP contribution in [0.1, 0.15) is 178 Å². The number of unbranched alkanes of at least 4 members (excludes halogenated alkanes) is 7. The molecule has 2 aliphatic rings. The molecule has 1 atom stereocenters. The molecule has 0 bridgehead atoms. The minimum atomic E-state index is -0.350. The second kappa shape index (κ2) is 71.3. The summed E-state index contributed by atoms with van der Waals surface area (Å²) in [4.78, 5) is 91.4. The van der Waals surface area contributed by atoms with Gasteiger partial charge >= 0.3 is 51.2 Å². The third-order valence-electron chi connectivity index (χ3n) is 17.2. The molecule has 1 amide bonds. The molecular weight excluding hydrogens is 2010 g/mol. The Morgan fingerprint density at radius 3 is 1.22 bits per heavy atom. The third kappa shape index (κ3) is 52.8. The maximum atomic E-state index is 11.2. The van der Waals surface area contributed by atoms with E-state index >= 15 is 0 Å². The van der Waals surface area contributed by atoms with Gasteiger partial charge in [0.15, 0.2) is 0 Å². The van der Waals surface area contributed by atoms with Crippen LogP contribution in [-0.4, -0.2) is 86.1 Å². The molecule has 1 aliphatic carbocycles. The molecule has 1 aliphatic heterocycles. The summed E-state index contributed by atoms with van der Waals surface area (Å²) < 4.78 is 5.88. The van der Waals surface area contributed by atoms with Gasteiger partial charge in [-0.05, 0) is 194 Å². The van der Waals surface area contributed by atoms with Crippen molar-refractivity contribution in [2.75, 3.05) is 39.9 Å². The number of carbonyl (C=O) groups excluding carboxylic acids is 1. The SMILES string of the molecule is CCCCC(CC)COCCCNC1=C/C(=C(/C)C#N)CC(C)(C)C1.CCCCCCN(/C=C/C=C(/C)C#N)CCCCCC.CNC(=O)/C(C#N)=C\C=C1\CCC(C)(C)N1.[Cu+2].[Cu+2].[Cu+2].c1csc(N=c2[n-]ccs2)n1.c1csc(N=c2[n-]ccs2)n1.c1csc(N=c2[n-]ccs2)n1.c1csc(N=c2[n-]ccs2)n1.c1csc(N=c2[n-]ccs2)n1.c1csc(N=c2[n-]ccs2)n1. The van der Waals surface area contributed by atoms with Gasteiger partial charge in [-0.1, -0.05) is 137 Å². The van der Waals surface area contributed by atoms with Gasteiger partial charge in [-0.3, -0.25) is 4.79 Å². The first-order valence-electron chi connectivity index (χ1n) is 41.3. The number of likely N-dealkylation sites (N-methyl/N-ethyl adjacent to an activating group) is 1. The van der Waals surface area contributed by atoms with E-state index in [1.807, 2.05) is 103 Å². The molecule has 3 radical (unpaired) electrons. The summed E-state index contributed by atoms with van der Waals surface area (Å²) in [5.41, 5.74) is 5.57. The molecule has 130 heavy (non-hydrogen) atoms. The van der Waals surface area contributed by atoms with E-state index in [1.54, 1.807) is 80.4 Å². The number of hydrogen-bond donors (Lipinski definition) is 3. The van der Waals surface area contributed by atoms with E-state index in [4.69, 9.17) is 20.5 Å². The summed E-state index contributed by atoms with van der Waals surface area (Å²) in [7, 11) is 1.51. The van der Waals surface area contributed by atoms with Crippen LogP contribution in [0.15, 0.2) is 239 Å². The van der Waals surface area contributed by atoms with E-state index in [2.05, 4.69) is 190 Å². The van der Waals surface area contributed by atoms with Crippen LogP contribution in [-0.2, 0) is 60.7 Å².